The quantitative estimate of drug-likeness (QED) is 0.739. The summed E-state index contributed by atoms with van der Waals surface area (Å²) in [6, 6.07) is 9.13. The highest BCUT2D eigenvalue weighted by Gasteiger charge is 2.13. The summed E-state index contributed by atoms with van der Waals surface area (Å²) in [4.78, 5) is 12.2. The fourth-order valence-electron chi connectivity index (χ4n) is 1.84. The summed E-state index contributed by atoms with van der Waals surface area (Å²) in [7, 11) is 0. The molecule has 1 nitrogen and oxygen atoms in total. The molecule has 98 valence electrons. The molecule has 0 amide bonds. The zero-order valence-electron chi connectivity index (χ0n) is 10.2. The molecular formula is C15H11Cl2FO. The van der Waals surface area contributed by atoms with Gasteiger partial charge < -0.3 is 0 Å². The molecule has 0 aliphatic rings. The predicted molar refractivity (Wildman–Crippen MR) is 75.6 cm³/mol. The van der Waals surface area contributed by atoms with Crippen LogP contribution in [0.5, 0.6) is 0 Å². The molecular weight excluding hydrogens is 286 g/mol. The molecule has 0 unspecified atom stereocenters. The highest BCUT2D eigenvalue weighted by atomic mass is 35.5. The third-order valence-electron chi connectivity index (χ3n) is 2.89. The zero-order valence-corrected chi connectivity index (χ0v) is 11.7. The molecule has 2 aromatic carbocycles. The van der Waals surface area contributed by atoms with Gasteiger partial charge >= 0.3 is 0 Å². The van der Waals surface area contributed by atoms with E-state index in [0.717, 1.165) is 11.1 Å². The molecule has 0 fully saturated rings. The Morgan fingerprint density at radius 3 is 2.53 bits per heavy atom. The number of carbonyl (C=O) groups excluding carboxylic acids is 1. The van der Waals surface area contributed by atoms with E-state index >= 15 is 0 Å². The first kappa shape index (κ1) is 14.0. The highest BCUT2D eigenvalue weighted by molar-refractivity contribution is 6.36. The lowest BCUT2D eigenvalue weighted by Gasteiger charge is -2.07. The average Bonchev–Trinajstić information content (AvgIpc) is 2.32. The molecule has 0 radical (unpaired) electrons. The van der Waals surface area contributed by atoms with Gasteiger partial charge in [-0.15, -0.1) is 0 Å². The van der Waals surface area contributed by atoms with E-state index in [1.807, 2.05) is 0 Å². The van der Waals surface area contributed by atoms with Crippen molar-refractivity contribution in [1.29, 1.82) is 0 Å². The SMILES string of the molecule is Cc1cc(F)ccc1CC(=O)c1ccc(Cl)cc1Cl. The Morgan fingerprint density at radius 1 is 1.16 bits per heavy atom. The van der Waals surface area contributed by atoms with E-state index in [1.165, 1.54) is 18.2 Å². The van der Waals surface area contributed by atoms with Gasteiger partial charge in [-0.1, -0.05) is 29.3 Å². The molecule has 0 bridgehead atoms. The van der Waals surface area contributed by atoms with E-state index in [2.05, 4.69) is 0 Å². The van der Waals surface area contributed by atoms with E-state index in [1.54, 1.807) is 25.1 Å². The van der Waals surface area contributed by atoms with Crippen molar-refractivity contribution in [3.63, 3.8) is 0 Å². The Labute approximate surface area is 121 Å². The second-order valence-electron chi connectivity index (χ2n) is 4.29. The smallest absolute Gasteiger partial charge is 0.168 e. The normalized spacial score (nSPS) is 10.5. The highest BCUT2D eigenvalue weighted by Crippen LogP contribution is 2.23. The third kappa shape index (κ3) is 3.34. The van der Waals surface area contributed by atoms with Gasteiger partial charge in [0.25, 0.3) is 0 Å². The topological polar surface area (TPSA) is 17.1 Å². The van der Waals surface area contributed by atoms with Gasteiger partial charge in [-0.3, -0.25) is 4.79 Å². The molecule has 2 aromatic rings. The Bertz CT molecular complexity index is 638. The number of Topliss-reactive ketones (excluding diaryl/α,β-unsaturated/α-hetero) is 1. The van der Waals surface area contributed by atoms with E-state index in [9.17, 15) is 9.18 Å². The van der Waals surface area contributed by atoms with Crippen LogP contribution in [0.25, 0.3) is 0 Å². The first-order valence-corrected chi connectivity index (χ1v) is 6.46. The van der Waals surface area contributed by atoms with Crippen molar-refractivity contribution in [3.05, 3.63) is 69.0 Å². The van der Waals surface area contributed by atoms with E-state index in [0.29, 0.717) is 15.6 Å². The number of rotatable bonds is 3. The van der Waals surface area contributed by atoms with Gasteiger partial charge in [0.2, 0.25) is 0 Å². The number of hydrogen-bond donors (Lipinski definition) is 0. The summed E-state index contributed by atoms with van der Waals surface area (Å²) in [6.07, 6.45) is 0.188. The van der Waals surface area contributed by atoms with Crippen molar-refractivity contribution < 1.29 is 9.18 Å². The number of halogens is 3. The Kier molecular flexibility index (Phi) is 4.23. The van der Waals surface area contributed by atoms with Crippen LogP contribution >= 0.6 is 23.2 Å². The van der Waals surface area contributed by atoms with Gasteiger partial charge in [-0.05, 0) is 48.4 Å². The summed E-state index contributed by atoms with van der Waals surface area (Å²) < 4.78 is 13.0. The van der Waals surface area contributed by atoms with Crippen LogP contribution in [0.3, 0.4) is 0 Å². The van der Waals surface area contributed by atoms with Gasteiger partial charge in [-0.25, -0.2) is 4.39 Å². The van der Waals surface area contributed by atoms with Gasteiger partial charge in [0, 0.05) is 17.0 Å². The average molecular weight is 297 g/mol. The third-order valence-corrected chi connectivity index (χ3v) is 3.43. The van der Waals surface area contributed by atoms with Crippen LogP contribution in [0.15, 0.2) is 36.4 Å². The standard InChI is InChI=1S/C15H11Cl2FO/c1-9-6-12(18)4-2-10(9)7-15(19)13-5-3-11(16)8-14(13)17/h2-6,8H,7H2,1H3. The van der Waals surface area contributed by atoms with E-state index in [-0.39, 0.29) is 18.0 Å². The monoisotopic (exact) mass is 296 g/mol. The van der Waals surface area contributed by atoms with Crippen molar-refractivity contribution >= 4 is 29.0 Å². The first-order valence-electron chi connectivity index (χ1n) is 5.70. The van der Waals surface area contributed by atoms with Crippen LogP contribution in [0.4, 0.5) is 4.39 Å². The summed E-state index contributed by atoms with van der Waals surface area (Å²) in [6.45, 7) is 1.77. The van der Waals surface area contributed by atoms with Gasteiger partial charge in [0.1, 0.15) is 5.82 Å². The summed E-state index contributed by atoms with van der Waals surface area (Å²) >= 11 is 11.8. The lowest BCUT2D eigenvalue weighted by atomic mass is 9.99. The van der Waals surface area contributed by atoms with Crippen molar-refractivity contribution in [2.45, 2.75) is 13.3 Å². The minimum absolute atomic E-state index is 0.114. The molecule has 0 spiro atoms. The maximum Gasteiger partial charge on any atom is 0.168 e. The second kappa shape index (κ2) is 5.72. The molecule has 0 heterocycles. The van der Waals surface area contributed by atoms with Crippen molar-refractivity contribution in [1.82, 2.24) is 0 Å². The molecule has 0 atom stereocenters. The number of hydrogen-bond acceptors (Lipinski definition) is 1. The zero-order chi connectivity index (χ0) is 14.0. The first-order chi connectivity index (χ1) is 8.97. The van der Waals surface area contributed by atoms with Crippen LogP contribution in [-0.2, 0) is 6.42 Å². The van der Waals surface area contributed by atoms with Crippen molar-refractivity contribution in [2.24, 2.45) is 0 Å². The Hall–Kier alpha value is -1.38. The molecule has 0 N–H and O–H groups in total. The Morgan fingerprint density at radius 2 is 1.89 bits per heavy atom. The van der Waals surface area contributed by atoms with Crippen molar-refractivity contribution in [2.75, 3.05) is 0 Å². The minimum Gasteiger partial charge on any atom is -0.294 e. The van der Waals surface area contributed by atoms with Crippen LogP contribution < -0.4 is 0 Å². The molecule has 19 heavy (non-hydrogen) atoms. The Balaban J connectivity index is 2.25. The van der Waals surface area contributed by atoms with Gasteiger partial charge in [0.15, 0.2) is 5.78 Å². The lowest BCUT2D eigenvalue weighted by Crippen LogP contribution is -2.05. The maximum absolute atomic E-state index is 13.0. The molecule has 4 heteroatoms. The van der Waals surface area contributed by atoms with E-state index < -0.39 is 0 Å². The largest absolute Gasteiger partial charge is 0.294 e. The maximum atomic E-state index is 13.0. The number of carbonyl (C=O) groups is 1. The fraction of sp³-hybridized carbons (Fsp3) is 0.133. The second-order valence-corrected chi connectivity index (χ2v) is 5.14. The van der Waals surface area contributed by atoms with Crippen LogP contribution in [0, 0.1) is 12.7 Å². The molecule has 0 aliphatic carbocycles. The summed E-state index contributed by atoms with van der Waals surface area (Å²) in [5.41, 5.74) is 1.96. The molecule has 0 aromatic heterocycles. The molecule has 0 saturated carbocycles. The van der Waals surface area contributed by atoms with Crippen molar-refractivity contribution in [3.8, 4) is 0 Å². The van der Waals surface area contributed by atoms with Gasteiger partial charge in [-0.2, -0.15) is 0 Å². The van der Waals surface area contributed by atoms with Crippen LogP contribution in [0.2, 0.25) is 10.0 Å². The predicted octanol–water partition coefficient (Wildman–Crippen LogP) is 4.87. The summed E-state index contributed by atoms with van der Waals surface area (Å²) in [5.74, 6) is -0.422. The van der Waals surface area contributed by atoms with Crippen LogP contribution in [0.1, 0.15) is 21.5 Å². The van der Waals surface area contributed by atoms with Crippen LogP contribution in [-0.4, -0.2) is 5.78 Å². The number of ketones is 1. The van der Waals surface area contributed by atoms with Gasteiger partial charge in [0.05, 0.1) is 5.02 Å². The summed E-state index contributed by atoms with van der Waals surface area (Å²) in [5, 5.41) is 0.816. The number of aryl methyl sites for hydroxylation is 1. The fourth-order valence-corrected chi connectivity index (χ4v) is 2.36. The number of benzene rings is 2. The minimum atomic E-state index is -0.307. The molecule has 0 aliphatic heterocycles. The molecule has 2 rings (SSSR count). The molecule has 0 saturated heterocycles. The lowest BCUT2D eigenvalue weighted by molar-refractivity contribution is 0.0993. The van der Waals surface area contributed by atoms with E-state index in [4.69, 9.17) is 23.2 Å².